The smallest absolute Gasteiger partial charge is 0.344 e. The van der Waals surface area contributed by atoms with Gasteiger partial charge in [-0.05, 0) is 38.3 Å². The number of carbonyl (C=O) groups excluding carboxylic acids is 4. The molecular weight excluding hydrogens is 386 g/mol. The Labute approximate surface area is 165 Å². The molecule has 2 aromatic heterocycles. The fourth-order valence-corrected chi connectivity index (χ4v) is 2.96. The molecule has 2 rings (SSSR count). The number of hydrogen-bond acceptors (Lipinski definition) is 8. The summed E-state index contributed by atoms with van der Waals surface area (Å²) in [6.45, 7) is 3.87. The molecule has 8 nitrogen and oxygen atoms in total. The highest BCUT2D eigenvalue weighted by atomic mass is 32.1. The van der Waals surface area contributed by atoms with E-state index in [1.165, 1.54) is 31.3 Å². The van der Waals surface area contributed by atoms with Crippen molar-refractivity contribution in [2.75, 3.05) is 18.5 Å². The lowest BCUT2D eigenvalue weighted by atomic mass is 10.1. The summed E-state index contributed by atoms with van der Waals surface area (Å²) in [6.07, 6.45) is 2.77. The van der Waals surface area contributed by atoms with Crippen LogP contribution < -0.4 is 5.32 Å². The number of thiophene rings is 1. The van der Waals surface area contributed by atoms with Crippen LogP contribution >= 0.6 is 11.3 Å². The molecule has 9 heteroatoms. The molecule has 0 aromatic carbocycles. The highest BCUT2D eigenvalue weighted by Crippen LogP contribution is 2.28. The third kappa shape index (κ3) is 5.40. The van der Waals surface area contributed by atoms with Gasteiger partial charge in [0.25, 0.3) is 5.91 Å². The van der Waals surface area contributed by atoms with Gasteiger partial charge in [0, 0.05) is 11.0 Å². The average Bonchev–Trinajstić information content (AvgIpc) is 3.25. The van der Waals surface area contributed by atoms with Gasteiger partial charge in [-0.2, -0.15) is 0 Å². The topological polar surface area (TPSA) is 112 Å². The van der Waals surface area contributed by atoms with Crippen LogP contribution in [-0.4, -0.2) is 36.8 Å². The molecule has 0 fully saturated rings. The van der Waals surface area contributed by atoms with Gasteiger partial charge in [0.1, 0.15) is 11.3 Å². The number of amides is 1. The number of nitrogens with one attached hydrogen (secondary N) is 1. The first-order valence-electron chi connectivity index (χ1n) is 8.33. The Bertz CT molecular complexity index is 909. The van der Waals surface area contributed by atoms with Gasteiger partial charge in [-0.25, -0.2) is 9.59 Å². The molecule has 0 radical (unpaired) electrons. The van der Waals surface area contributed by atoms with Crippen LogP contribution in [-0.2, 0) is 19.1 Å². The molecule has 0 saturated carbocycles. The minimum absolute atomic E-state index is 0.0321. The van der Waals surface area contributed by atoms with E-state index in [1.807, 2.05) is 17.5 Å². The summed E-state index contributed by atoms with van der Waals surface area (Å²) in [4.78, 5) is 48.6. The van der Waals surface area contributed by atoms with Crippen molar-refractivity contribution in [2.24, 2.45) is 0 Å². The van der Waals surface area contributed by atoms with Crippen molar-refractivity contribution in [3.05, 3.63) is 45.4 Å². The van der Waals surface area contributed by atoms with E-state index in [1.54, 1.807) is 13.0 Å². The first-order valence-corrected chi connectivity index (χ1v) is 9.21. The van der Waals surface area contributed by atoms with E-state index in [0.717, 1.165) is 4.88 Å². The molecule has 1 N–H and O–H groups in total. The monoisotopic (exact) mass is 405 g/mol. The number of carbonyl (C=O) groups is 4. The highest BCUT2D eigenvalue weighted by Gasteiger charge is 2.28. The third-order valence-corrected chi connectivity index (χ3v) is 4.28. The van der Waals surface area contributed by atoms with Gasteiger partial charge in [0.15, 0.2) is 12.4 Å². The lowest BCUT2D eigenvalue weighted by Crippen LogP contribution is -2.21. The number of rotatable bonds is 8. The molecule has 0 unspecified atom stereocenters. The third-order valence-electron chi connectivity index (χ3n) is 3.44. The summed E-state index contributed by atoms with van der Waals surface area (Å²) in [5.74, 6) is -2.69. The lowest BCUT2D eigenvalue weighted by molar-refractivity contribution is -0.142. The zero-order valence-electron chi connectivity index (χ0n) is 15.6. The van der Waals surface area contributed by atoms with E-state index in [2.05, 4.69) is 5.32 Å². The minimum atomic E-state index is -0.796. The van der Waals surface area contributed by atoms with Crippen LogP contribution in [0.15, 0.2) is 28.0 Å². The normalized spacial score (nSPS) is 10.7. The summed E-state index contributed by atoms with van der Waals surface area (Å²) >= 11 is 1.45. The van der Waals surface area contributed by atoms with Crippen LogP contribution in [0.25, 0.3) is 6.08 Å². The maximum absolute atomic E-state index is 12.2. The van der Waals surface area contributed by atoms with E-state index in [9.17, 15) is 19.2 Å². The van der Waals surface area contributed by atoms with Gasteiger partial charge in [-0.1, -0.05) is 6.07 Å². The lowest BCUT2D eigenvalue weighted by Gasteiger charge is -2.06. The van der Waals surface area contributed by atoms with E-state index in [-0.39, 0.29) is 29.4 Å². The second-order valence-corrected chi connectivity index (χ2v) is 6.50. The van der Waals surface area contributed by atoms with Crippen molar-refractivity contribution in [3.8, 4) is 0 Å². The van der Waals surface area contributed by atoms with E-state index in [4.69, 9.17) is 13.9 Å². The molecule has 148 valence electrons. The van der Waals surface area contributed by atoms with Crippen molar-refractivity contribution in [1.29, 1.82) is 0 Å². The minimum Gasteiger partial charge on any atom is -0.462 e. The van der Waals surface area contributed by atoms with Crippen molar-refractivity contribution in [2.45, 2.75) is 20.8 Å². The molecule has 0 atom stereocenters. The van der Waals surface area contributed by atoms with Crippen LogP contribution in [0.2, 0.25) is 0 Å². The number of esters is 2. The standard InChI is InChI=1S/C19H19NO7S/c1-4-25-19(24)17-16(11(2)21)12(3)27-18(17)20-14(22)10-26-15(23)8-7-13-6-5-9-28-13/h5-9H,4,10H2,1-3H3,(H,20,22)/b8-7+. The Morgan fingerprint density at radius 2 is 1.96 bits per heavy atom. The van der Waals surface area contributed by atoms with Crippen LogP contribution in [0.3, 0.4) is 0 Å². The fourth-order valence-electron chi connectivity index (χ4n) is 2.34. The predicted octanol–water partition coefficient (Wildman–Crippen LogP) is 3.22. The summed E-state index contributed by atoms with van der Waals surface area (Å²) in [5, 5.41) is 4.19. The summed E-state index contributed by atoms with van der Waals surface area (Å²) in [5.41, 5.74) is -0.131. The molecule has 0 spiro atoms. The molecular formula is C19H19NO7S. The zero-order chi connectivity index (χ0) is 20.7. The van der Waals surface area contributed by atoms with Gasteiger partial charge in [-0.3, -0.25) is 14.9 Å². The van der Waals surface area contributed by atoms with Gasteiger partial charge in [0.05, 0.1) is 12.2 Å². The van der Waals surface area contributed by atoms with Crippen molar-refractivity contribution in [3.63, 3.8) is 0 Å². The molecule has 28 heavy (non-hydrogen) atoms. The molecule has 2 aromatic rings. The van der Waals surface area contributed by atoms with E-state index >= 15 is 0 Å². The Morgan fingerprint density at radius 3 is 2.57 bits per heavy atom. The van der Waals surface area contributed by atoms with Crippen molar-refractivity contribution >= 4 is 46.9 Å². The zero-order valence-corrected chi connectivity index (χ0v) is 16.4. The predicted molar refractivity (Wildman–Crippen MR) is 102 cm³/mol. The number of anilines is 1. The molecule has 2 heterocycles. The Balaban J connectivity index is 2.04. The molecule has 0 aliphatic rings. The van der Waals surface area contributed by atoms with Crippen LogP contribution in [0.1, 0.15) is 45.2 Å². The van der Waals surface area contributed by atoms with Gasteiger partial charge >= 0.3 is 11.9 Å². The Hall–Kier alpha value is -3.20. The Kier molecular flexibility index (Phi) is 7.28. The number of Topliss-reactive ketones (excluding diaryl/α,β-unsaturated/α-hetero) is 1. The quantitative estimate of drug-likeness (QED) is 0.408. The first-order chi connectivity index (χ1) is 13.3. The largest absolute Gasteiger partial charge is 0.462 e. The van der Waals surface area contributed by atoms with Crippen LogP contribution in [0.4, 0.5) is 5.88 Å². The summed E-state index contributed by atoms with van der Waals surface area (Å²) in [7, 11) is 0. The number of aryl methyl sites for hydroxylation is 1. The highest BCUT2D eigenvalue weighted by molar-refractivity contribution is 7.10. The SMILES string of the molecule is CCOC(=O)c1c(NC(=O)COC(=O)/C=C/c2cccs2)oc(C)c1C(C)=O. The first kappa shape index (κ1) is 21.1. The number of hydrogen-bond donors (Lipinski definition) is 1. The molecule has 1 amide bonds. The number of ether oxygens (including phenoxy) is 2. The van der Waals surface area contributed by atoms with Gasteiger partial charge in [-0.15, -0.1) is 11.3 Å². The maximum Gasteiger partial charge on any atom is 0.344 e. The molecule has 0 aliphatic heterocycles. The summed E-state index contributed by atoms with van der Waals surface area (Å²) < 4.78 is 15.1. The maximum atomic E-state index is 12.2. The second kappa shape index (κ2) is 9.65. The van der Waals surface area contributed by atoms with Gasteiger partial charge in [0.2, 0.25) is 5.88 Å². The Morgan fingerprint density at radius 1 is 1.21 bits per heavy atom. The van der Waals surface area contributed by atoms with E-state index in [0.29, 0.717) is 0 Å². The van der Waals surface area contributed by atoms with Crippen molar-refractivity contribution in [1.82, 2.24) is 0 Å². The van der Waals surface area contributed by atoms with E-state index < -0.39 is 30.2 Å². The molecule has 0 saturated heterocycles. The molecule has 0 aliphatic carbocycles. The van der Waals surface area contributed by atoms with Crippen LogP contribution in [0.5, 0.6) is 0 Å². The van der Waals surface area contributed by atoms with Crippen LogP contribution in [0, 0.1) is 6.92 Å². The van der Waals surface area contributed by atoms with Crippen molar-refractivity contribution < 1.29 is 33.1 Å². The van der Waals surface area contributed by atoms with Gasteiger partial charge < -0.3 is 13.9 Å². The fraction of sp³-hybridized carbons (Fsp3) is 0.263. The molecule has 0 bridgehead atoms. The summed E-state index contributed by atoms with van der Waals surface area (Å²) in [6, 6.07) is 3.66. The second-order valence-electron chi connectivity index (χ2n) is 5.52. The number of furan rings is 1. The number of ketones is 1. The average molecular weight is 405 g/mol.